The highest BCUT2D eigenvalue weighted by atomic mass is 35.5. The van der Waals surface area contributed by atoms with Crippen LogP contribution in [0.15, 0.2) is 60.7 Å². The van der Waals surface area contributed by atoms with Gasteiger partial charge in [-0.1, -0.05) is 48.5 Å². The van der Waals surface area contributed by atoms with Gasteiger partial charge in [-0.25, -0.2) is 9.37 Å². The Kier molecular flexibility index (Phi) is 9.52. The first-order valence-corrected chi connectivity index (χ1v) is 11.9. The number of anilines is 1. The van der Waals surface area contributed by atoms with Crippen molar-refractivity contribution in [3.05, 3.63) is 77.7 Å². The first-order chi connectivity index (χ1) is 18.0. The van der Waals surface area contributed by atoms with Crippen LogP contribution >= 0.6 is 12.4 Å². The molecular weight excluding hydrogens is 540 g/mol. The number of allylic oxidation sites excluding steroid dienone is 2. The SMILES string of the molecule is Cl.Nc1nc(O[C@H](c2ccc(-c3ccccc3)cc2F)C(F)(F)F)cc(C2=CCC(C[C@H](N)C(=O)O)CC2)n1. The molecule has 0 saturated heterocycles. The Morgan fingerprint density at radius 1 is 1.10 bits per heavy atom. The molecule has 1 aliphatic rings. The van der Waals surface area contributed by atoms with Gasteiger partial charge in [-0.2, -0.15) is 18.2 Å². The van der Waals surface area contributed by atoms with Crippen molar-refractivity contribution in [3.63, 3.8) is 0 Å². The Hall–Kier alpha value is -3.70. The number of carboxylic acid groups (broad SMARTS) is 1. The van der Waals surface area contributed by atoms with Crippen molar-refractivity contribution in [2.45, 2.75) is 44.0 Å². The highest BCUT2D eigenvalue weighted by Gasteiger charge is 2.45. The number of hydrogen-bond donors (Lipinski definition) is 3. The summed E-state index contributed by atoms with van der Waals surface area (Å²) in [6.07, 6.45) is -3.80. The average Bonchev–Trinajstić information content (AvgIpc) is 2.87. The second-order valence-corrected chi connectivity index (χ2v) is 9.14. The molecule has 39 heavy (non-hydrogen) atoms. The van der Waals surface area contributed by atoms with Crippen LogP contribution in [0.5, 0.6) is 5.88 Å². The number of ether oxygens (including phenoxy) is 1. The smallest absolute Gasteiger partial charge is 0.429 e. The molecule has 0 saturated carbocycles. The summed E-state index contributed by atoms with van der Waals surface area (Å²) in [6, 6.07) is 12.5. The average molecular weight is 567 g/mol. The Labute approximate surface area is 228 Å². The van der Waals surface area contributed by atoms with Gasteiger partial charge in [-0.3, -0.25) is 4.79 Å². The van der Waals surface area contributed by atoms with Gasteiger partial charge in [0.15, 0.2) is 0 Å². The van der Waals surface area contributed by atoms with Crippen LogP contribution in [0.2, 0.25) is 0 Å². The Morgan fingerprint density at radius 3 is 2.41 bits per heavy atom. The van der Waals surface area contributed by atoms with Gasteiger partial charge in [-0.15, -0.1) is 12.4 Å². The first-order valence-electron chi connectivity index (χ1n) is 11.9. The van der Waals surface area contributed by atoms with Crippen molar-refractivity contribution < 1.29 is 32.2 Å². The van der Waals surface area contributed by atoms with Gasteiger partial charge in [0, 0.05) is 11.6 Å². The number of carboxylic acids is 1. The molecule has 0 bridgehead atoms. The highest BCUT2D eigenvalue weighted by Crippen LogP contribution is 2.39. The summed E-state index contributed by atoms with van der Waals surface area (Å²) in [4.78, 5) is 18.9. The fraction of sp³-hybridized carbons (Fsp3) is 0.296. The lowest BCUT2D eigenvalue weighted by Gasteiger charge is -2.24. The zero-order valence-electron chi connectivity index (χ0n) is 20.6. The molecule has 12 heteroatoms. The normalized spacial score (nSPS) is 16.9. The van der Waals surface area contributed by atoms with Gasteiger partial charge in [0.25, 0.3) is 0 Å². The summed E-state index contributed by atoms with van der Waals surface area (Å²) in [5.74, 6) is -2.84. The number of rotatable bonds is 8. The van der Waals surface area contributed by atoms with E-state index < -0.39 is 41.6 Å². The lowest BCUT2D eigenvalue weighted by atomic mass is 9.84. The van der Waals surface area contributed by atoms with Crippen LogP contribution in [-0.2, 0) is 4.79 Å². The molecule has 0 fully saturated rings. The van der Waals surface area contributed by atoms with Crippen LogP contribution in [0.25, 0.3) is 16.7 Å². The minimum atomic E-state index is -4.95. The maximum absolute atomic E-state index is 15.0. The van der Waals surface area contributed by atoms with Gasteiger partial charge in [0.1, 0.15) is 11.9 Å². The quantitative estimate of drug-likeness (QED) is 0.288. The topological polar surface area (TPSA) is 124 Å². The summed E-state index contributed by atoms with van der Waals surface area (Å²) in [6.45, 7) is 0. The second-order valence-electron chi connectivity index (χ2n) is 9.14. The molecule has 208 valence electrons. The number of hydrogen-bond acceptors (Lipinski definition) is 6. The Morgan fingerprint density at radius 2 is 1.82 bits per heavy atom. The molecule has 1 unspecified atom stereocenters. The third-order valence-electron chi connectivity index (χ3n) is 6.40. The number of benzene rings is 2. The zero-order chi connectivity index (χ0) is 27.4. The van der Waals surface area contributed by atoms with E-state index in [4.69, 9.17) is 21.3 Å². The number of carbonyl (C=O) groups is 1. The van der Waals surface area contributed by atoms with Crippen molar-refractivity contribution in [2.75, 3.05) is 5.73 Å². The summed E-state index contributed by atoms with van der Waals surface area (Å²) in [7, 11) is 0. The molecule has 0 aliphatic heterocycles. The standard InChI is InChI=1S/C27H26F4N4O3.ClH/c28-20-13-18(16-4-2-1-3-5-16)10-11-19(20)24(27(29,30)31)38-23-14-22(34-26(33)35-23)17-8-6-15(7-9-17)12-21(32)25(36)37;/h1-5,8,10-11,13-15,21,24H,6-7,9,12,32H2,(H,36,37)(H2,33,34,35);1H/t15?,21-,24+;/m0./s1. The molecule has 7 nitrogen and oxygen atoms in total. The Bertz CT molecular complexity index is 1340. The van der Waals surface area contributed by atoms with E-state index in [-0.39, 0.29) is 30.0 Å². The molecule has 0 radical (unpaired) electrons. The van der Waals surface area contributed by atoms with Crippen molar-refractivity contribution in [1.82, 2.24) is 9.97 Å². The minimum absolute atomic E-state index is 0. The third-order valence-corrected chi connectivity index (χ3v) is 6.40. The number of nitrogens with two attached hydrogens (primary N) is 2. The summed E-state index contributed by atoms with van der Waals surface area (Å²) >= 11 is 0. The van der Waals surface area contributed by atoms with E-state index in [1.54, 1.807) is 30.3 Å². The third kappa shape index (κ3) is 7.45. The van der Waals surface area contributed by atoms with E-state index in [9.17, 15) is 22.4 Å². The lowest BCUT2D eigenvalue weighted by Crippen LogP contribution is -2.32. The van der Waals surface area contributed by atoms with Crippen LogP contribution < -0.4 is 16.2 Å². The van der Waals surface area contributed by atoms with E-state index in [1.165, 1.54) is 12.1 Å². The van der Waals surface area contributed by atoms with Crippen molar-refractivity contribution in [1.29, 1.82) is 0 Å². The predicted molar refractivity (Wildman–Crippen MR) is 140 cm³/mol. The van der Waals surface area contributed by atoms with Crippen molar-refractivity contribution in [2.24, 2.45) is 11.7 Å². The summed E-state index contributed by atoms with van der Waals surface area (Å²) in [5.41, 5.74) is 12.8. The molecule has 1 aromatic heterocycles. The molecule has 5 N–H and O–H groups in total. The lowest BCUT2D eigenvalue weighted by molar-refractivity contribution is -0.199. The molecular formula is C27H27ClF4N4O3. The molecule has 3 aromatic rings. The molecule has 1 aliphatic carbocycles. The van der Waals surface area contributed by atoms with Gasteiger partial charge < -0.3 is 21.3 Å². The molecule has 4 rings (SSSR count). The van der Waals surface area contributed by atoms with Gasteiger partial charge >= 0.3 is 12.1 Å². The monoisotopic (exact) mass is 566 g/mol. The van der Waals surface area contributed by atoms with Crippen LogP contribution in [0.4, 0.5) is 23.5 Å². The molecule has 0 spiro atoms. The van der Waals surface area contributed by atoms with Crippen LogP contribution in [0.1, 0.15) is 43.0 Å². The number of alkyl halides is 3. The van der Waals surface area contributed by atoms with E-state index in [0.29, 0.717) is 42.4 Å². The molecule has 1 heterocycles. The fourth-order valence-electron chi connectivity index (χ4n) is 4.44. The maximum atomic E-state index is 15.0. The van der Waals surface area contributed by atoms with Crippen LogP contribution in [0.3, 0.4) is 0 Å². The zero-order valence-corrected chi connectivity index (χ0v) is 21.4. The van der Waals surface area contributed by atoms with E-state index in [1.807, 2.05) is 6.08 Å². The number of nitrogen functional groups attached to an aromatic ring is 1. The van der Waals surface area contributed by atoms with Crippen LogP contribution in [-0.4, -0.2) is 33.3 Å². The van der Waals surface area contributed by atoms with Crippen molar-refractivity contribution in [3.8, 4) is 17.0 Å². The fourth-order valence-corrected chi connectivity index (χ4v) is 4.44. The molecule has 0 amide bonds. The number of aromatic nitrogens is 2. The van der Waals surface area contributed by atoms with Crippen molar-refractivity contribution >= 4 is 29.9 Å². The highest BCUT2D eigenvalue weighted by molar-refractivity contribution is 5.85. The largest absolute Gasteiger partial charge is 0.480 e. The minimum Gasteiger partial charge on any atom is -0.480 e. The van der Waals surface area contributed by atoms with Crippen LogP contribution in [0, 0.1) is 11.7 Å². The predicted octanol–water partition coefficient (Wildman–Crippen LogP) is 5.95. The summed E-state index contributed by atoms with van der Waals surface area (Å²) in [5, 5.41) is 9.01. The number of nitrogens with zero attached hydrogens (tertiary/aromatic N) is 2. The molecule has 2 aromatic carbocycles. The number of aliphatic carboxylic acids is 1. The Balaban J connectivity index is 0.00000420. The van der Waals surface area contributed by atoms with E-state index in [0.717, 1.165) is 12.1 Å². The van der Waals surface area contributed by atoms with Gasteiger partial charge in [0.05, 0.1) is 5.69 Å². The summed E-state index contributed by atoms with van der Waals surface area (Å²) < 4.78 is 62.2. The molecule has 3 atom stereocenters. The second kappa shape index (κ2) is 12.4. The van der Waals surface area contributed by atoms with E-state index >= 15 is 0 Å². The number of halogens is 5. The first kappa shape index (κ1) is 29.9. The maximum Gasteiger partial charge on any atom is 0.429 e. The van der Waals surface area contributed by atoms with Gasteiger partial charge in [-0.05, 0) is 54.4 Å². The van der Waals surface area contributed by atoms with E-state index in [2.05, 4.69) is 9.97 Å². The van der Waals surface area contributed by atoms with Gasteiger partial charge in [0.2, 0.25) is 17.9 Å².